The van der Waals surface area contributed by atoms with Gasteiger partial charge >= 0.3 is 0 Å². The summed E-state index contributed by atoms with van der Waals surface area (Å²) in [6.45, 7) is 1.03. The SMILES string of the molecule is CN(CCBr)C1CCCCC1O. The molecule has 12 heavy (non-hydrogen) atoms. The molecule has 0 bridgehead atoms. The third-order valence-corrected chi connectivity index (χ3v) is 3.05. The molecule has 1 fully saturated rings. The minimum Gasteiger partial charge on any atom is -0.391 e. The highest BCUT2D eigenvalue weighted by molar-refractivity contribution is 9.09. The Bertz CT molecular complexity index is 132. The van der Waals surface area contributed by atoms with E-state index in [1.54, 1.807) is 0 Å². The first-order chi connectivity index (χ1) is 5.75. The molecule has 0 aromatic carbocycles. The molecule has 1 N–H and O–H groups in total. The van der Waals surface area contributed by atoms with E-state index in [1.807, 2.05) is 0 Å². The average Bonchev–Trinajstić information content (AvgIpc) is 2.05. The molecule has 3 heteroatoms. The molecule has 0 radical (unpaired) electrons. The van der Waals surface area contributed by atoms with Crippen LogP contribution in [0.15, 0.2) is 0 Å². The average molecular weight is 236 g/mol. The fourth-order valence-electron chi connectivity index (χ4n) is 1.90. The second-order valence-corrected chi connectivity index (χ2v) is 4.38. The van der Waals surface area contributed by atoms with Crippen molar-refractivity contribution in [1.82, 2.24) is 4.90 Å². The van der Waals surface area contributed by atoms with Crippen LogP contribution in [0.25, 0.3) is 0 Å². The van der Waals surface area contributed by atoms with Gasteiger partial charge in [0.15, 0.2) is 0 Å². The molecule has 1 aliphatic rings. The fourth-order valence-corrected chi connectivity index (χ4v) is 2.46. The van der Waals surface area contributed by atoms with Gasteiger partial charge in [0.25, 0.3) is 0 Å². The van der Waals surface area contributed by atoms with Crippen LogP contribution in [0.3, 0.4) is 0 Å². The summed E-state index contributed by atoms with van der Waals surface area (Å²) in [5.74, 6) is 0. The van der Waals surface area contributed by atoms with Crippen molar-refractivity contribution in [2.24, 2.45) is 0 Å². The maximum absolute atomic E-state index is 9.71. The molecule has 0 aromatic rings. The van der Waals surface area contributed by atoms with E-state index in [-0.39, 0.29) is 6.10 Å². The lowest BCUT2D eigenvalue weighted by Gasteiger charge is -2.34. The molecule has 1 rings (SSSR count). The zero-order valence-corrected chi connectivity index (χ0v) is 9.26. The number of hydrogen-bond donors (Lipinski definition) is 1. The van der Waals surface area contributed by atoms with Gasteiger partial charge in [-0.3, -0.25) is 0 Å². The molecule has 0 amide bonds. The van der Waals surface area contributed by atoms with E-state index in [0.717, 1.165) is 24.7 Å². The number of alkyl halides is 1. The number of likely N-dealkylation sites (N-methyl/N-ethyl adjacent to an activating group) is 1. The Kier molecular flexibility index (Phi) is 4.54. The molecule has 0 saturated heterocycles. The lowest BCUT2D eigenvalue weighted by atomic mass is 9.92. The van der Waals surface area contributed by atoms with Crippen molar-refractivity contribution in [3.63, 3.8) is 0 Å². The number of aliphatic hydroxyl groups excluding tert-OH is 1. The number of hydrogen-bond acceptors (Lipinski definition) is 2. The van der Waals surface area contributed by atoms with Crippen molar-refractivity contribution in [1.29, 1.82) is 0 Å². The van der Waals surface area contributed by atoms with Crippen LogP contribution in [0.2, 0.25) is 0 Å². The largest absolute Gasteiger partial charge is 0.391 e. The molecule has 0 heterocycles. The normalized spacial score (nSPS) is 31.0. The second kappa shape index (κ2) is 5.20. The van der Waals surface area contributed by atoms with Gasteiger partial charge in [-0.1, -0.05) is 28.8 Å². The molecule has 2 unspecified atom stereocenters. The highest BCUT2D eigenvalue weighted by atomic mass is 79.9. The van der Waals surface area contributed by atoms with Crippen LogP contribution in [0.4, 0.5) is 0 Å². The van der Waals surface area contributed by atoms with E-state index in [2.05, 4.69) is 27.9 Å². The van der Waals surface area contributed by atoms with Gasteiger partial charge in [-0.2, -0.15) is 0 Å². The highest BCUT2D eigenvalue weighted by Gasteiger charge is 2.25. The Morgan fingerprint density at radius 1 is 1.42 bits per heavy atom. The van der Waals surface area contributed by atoms with Gasteiger partial charge in [-0.15, -0.1) is 0 Å². The van der Waals surface area contributed by atoms with E-state index in [1.165, 1.54) is 12.8 Å². The second-order valence-electron chi connectivity index (χ2n) is 3.59. The standard InChI is InChI=1S/C9H18BrNO/c1-11(7-6-10)8-4-2-3-5-9(8)12/h8-9,12H,2-7H2,1H3. The van der Waals surface area contributed by atoms with Crippen LogP contribution in [-0.2, 0) is 0 Å². The zero-order valence-electron chi connectivity index (χ0n) is 7.67. The number of aliphatic hydroxyl groups is 1. The van der Waals surface area contributed by atoms with Crippen molar-refractivity contribution in [2.75, 3.05) is 18.9 Å². The summed E-state index contributed by atoms with van der Waals surface area (Å²) in [6, 6.07) is 0.399. The molecular weight excluding hydrogens is 218 g/mol. The van der Waals surface area contributed by atoms with Crippen molar-refractivity contribution in [2.45, 2.75) is 37.8 Å². The maximum Gasteiger partial charge on any atom is 0.0695 e. The first kappa shape index (κ1) is 10.5. The Morgan fingerprint density at radius 2 is 2.08 bits per heavy atom. The van der Waals surface area contributed by atoms with Gasteiger partial charge in [0.1, 0.15) is 0 Å². The third-order valence-electron chi connectivity index (χ3n) is 2.70. The van der Waals surface area contributed by atoms with E-state index >= 15 is 0 Å². The van der Waals surface area contributed by atoms with E-state index in [9.17, 15) is 5.11 Å². The van der Waals surface area contributed by atoms with Gasteiger partial charge < -0.3 is 10.0 Å². The summed E-state index contributed by atoms with van der Waals surface area (Å²) in [4.78, 5) is 2.26. The lowest BCUT2D eigenvalue weighted by molar-refractivity contribution is 0.0352. The van der Waals surface area contributed by atoms with Crippen LogP contribution >= 0.6 is 15.9 Å². The molecule has 72 valence electrons. The fraction of sp³-hybridized carbons (Fsp3) is 1.00. The minimum absolute atomic E-state index is 0.0946. The van der Waals surface area contributed by atoms with Gasteiger partial charge in [0, 0.05) is 17.9 Å². The molecule has 2 atom stereocenters. The summed E-state index contributed by atoms with van der Waals surface area (Å²) in [5, 5.41) is 10.7. The van der Waals surface area contributed by atoms with Crippen LogP contribution in [0.1, 0.15) is 25.7 Å². The topological polar surface area (TPSA) is 23.5 Å². The predicted molar refractivity (Wildman–Crippen MR) is 54.7 cm³/mol. The van der Waals surface area contributed by atoms with Gasteiger partial charge in [-0.05, 0) is 19.9 Å². The Morgan fingerprint density at radius 3 is 2.67 bits per heavy atom. The van der Waals surface area contributed by atoms with Crippen molar-refractivity contribution in [3.8, 4) is 0 Å². The van der Waals surface area contributed by atoms with Crippen LogP contribution in [-0.4, -0.2) is 41.1 Å². The van der Waals surface area contributed by atoms with Crippen LogP contribution in [0.5, 0.6) is 0 Å². The number of halogens is 1. The molecule has 0 spiro atoms. The van der Waals surface area contributed by atoms with Crippen molar-refractivity contribution >= 4 is 15.9 Å². The van der Waals surface area contributed by atoms with Gasteiger partial charge in [0.2, 0.25) is 0 Å². The van der Waals surface area contributed by atoms with Crippen molar-refractivity contribution in [3.05, 3.63) is 0 Å². The van der Waals surface area contributed by atoms with Crippen molar-refractivity contribution < 1.29 is 5.11 Å². The molecule has 1 saturated carbocycles. The Balaban J connectivity index is 2.36. The number of nitrogens with zero attached hydrogens (tertiary/aromatic N) is 1. The Labute approximate surface area is 83.1 Å². The van der Waals surface area contributed by atoms with Crippen LogP contribution < -0.4 is 0 Å². The molecule has 2 nitrogen and oxygen atoms in total. The van der Waals surface area contributed by atoms with E-state index in [4.69, 9.17) is 0 Å². The highest BCUT2D eigenvalue weighted by Crippen LogP contribution is 2.22. The maximum atomic E-state index is 9.71. The summed E-state index contributed by atoms with van der Waals surface area (Å²) < 4.78 is 0. The Hall–Kier alpha value is 0.400. The molecular formula is C9H18BrNO. The van der Waals surface area contributed by atoms with Crippen LogP contribution in [0, 0.1) is 0 Å². The van der Waals surface area contributed by atoms with E-state index < -0.39 is 0 Å². The molecule has 0 aliphatic heterocycles. The first-order valence-corrected chi connectivity index (χ1v) is 5.82. The third kappa shape index (κ3) is 2.71. The summed E-state index contributed by atoms with van der Waals surface area (Å²) in [6.07, 6.45) is 4.51. The molecule has 1 aliphatic carbocycles. The summed E-state index contributed by atoms with van der Waals surface area (Å²) in [5.41, 5.74) is 0. The monoisotopic (exact) mass is 235 g/mol. The first-order valence-electron chi connectivity index (χ1n) is 4.70. The summed E-state index contributed by atoms with van der Waals surface area (Å²) in [7, 11) is 2.10. The quantitative estimate of drug-likeness (QED) is 0.752. The lowest BCUT2D eigenvalue weighted by Crippen LogP contribution is -2.43. The van der Waals surface area contributed by atoms with E-state index in [0.29, 0.717) is 6.04 Å². The summed E-state index contributed by atoms with van der Waals surface area (Å²) >= 11 is 3.41. The van der Waals surface area contributed by atoms with Gasteiger partial charge in [0.05, 0.1) is 6.10 Å². The molecule has 0 aromatic heterocycles. The zero-order chi connectivity index (χ0) is 8.97. The smallest absolute Gasteiger partial charge is 0.0695 e. The minimum atomic E-state index is -0.0946. The number of rotatable bonds is 3. The van der Waals surface area contributed by atoms with Gasteiger partial charge in [-0.25, -0.2) is 0 Å². The predicted octanol–water partition coefficient (Wildman–Crippen LogP) is 1.62.